The number of rotatable bonds is 7. The van der Waals surface area contributed by atoms with Gasteiger partial charge in [-0.15, -0.1) is 0 Å². The Bertz CT molecular complexity index is 863. The van der Waals surface area contributed by atoms with E-state index in [4.69, 9.17) is 4.74 Å². The van der Waals surface area contributed by atoms with Crippen molar-refractivity contribution < 1.29 is 17.9 Å². The predicted octanol–water partition coefficient (Wildman–Crippen LogP) is 3.05. The minimum Gasteiger partial charge on any atom is -0.497 e. The molecule has 0 saturated heterocycles. The van der Waals surface area contributed by atoms with Gasteiger partial charge in [0.1, 0.15) is 11.8 Å². The number of nitrogens with zero attached hydrogens (tertiary/aromatic N) is 1. The first kappa shape index (κ1) is 19.8. The molecule has 1 N–H and O–H groups in total. The molecule has 0 bridgehead atoms. The highest BCUT2D eigenvalue weighted by atomic mass is 32.2. The average Bonchev–Trinajstić information content (AvgIpc) is 2.61. The summed E-state index contributed by atoms with van der Waals surface area (Å²) in [7, 11) is -2.13. The number of anilines is 2. The predicted molar refractivity (Wildman–Crippen MR) is 104 cm³/mol. The third kappa shape index (κ3) is 4.54. The first-order valence-corrected chi connectivity index (χ1v) is 10.1. The molecule has 2 rings (SSSR count). The molecule has 2 aromatic carbocycles. The lowest BCUT2D eigenvalue weighted by Crippen LogP contribution is -2.45. The van der Waals surface area contributed by atoms with Crippen LogP contribution in [0.1, 0.15) is 19.4 Å². The van der Waals surface area contributed by atoms with Crippen molar-refractivity contribution in [3.05, 3.63) is 54.1 Å². The minimum absolute atomic E-state index is 0.396. The van der Waals surface area contributed by atoms with Crippen molar-refractivity contribution >= 4 is 27.3 Å². The van der Waals surface area contributed by atoms with Gasteiger partial charge < -0.3 is 10.1 Å². The summed E-state index contributed by atoms with van der Waals surface area (Å²) in [6, 6.07) is 13.1. The Hall–Kier alpha value is -2.54. The maximum atomic E-state index is 12.7. The van der Waals surface area contributed by atoms with Gasteiger partial charge >= 0.3 is 0 Å². The van der Waals surface area contributed by atoms with E-state index >= 15 is 0 Å². The molecule has 1 amide bonds. The molecule has 0 spiro atoms. The molecule has 6 nitrogen and oxygen atoms in total. The van der Waals surface area contributed by atoms with Crippen LogP contribution in [0.15, 0.2) is 48.5 Å². The highest BCUT2D eigenvalue weighted by molar-refractivity contribution is 7.92. The summed E-state index contributed by atoms with van der Waals surface area (Å²) >= 11 is 0. The summed E-state index contributed by atoms with van der Waals surface area (Å²) in [5.74, 6) is 0.211. The standard InChI is InChI=1S/C19H24N2O4S/c1-5-15-8-6-7-9-18(15)20-19(22)14(2)21(26(4,23)24)16-10-12-17(25-3)13-11-16/h6-14H,5H2,1-4H3,(H,20,22). The largest absolute Gasteiger partial charge is 0.497 e. The van der Waals surface area contributed by atoms with E-state index in [-0.39, 0.29) is 0 Å². The van der Waals surface area contributed by atoms with Crippen LogP contribution in [-0.2, 0) is 21.2 Å². The zero-order chi connectivity index (χ0) is 19.3. The number of methoxy groups -OCH3 is 1. The Morgan fingerprint density at radius 1 is 1.15 bits per heavy atom. The van der Waals surface area contributed by atoms with Crippen molar-refractivity contribution in [3.8, 4) is 5.75 Å². The van der Waals surface area contributed by atoms with Gasteiger partial charge in [-0.2, -0.15) is 0 Å². The Morgan fingerprint density at radius 3 is 2.31 bits per heavy atom. The SMILES string of the molecule is CCc1ccccc1NC(=O)C(C)N(c1ccc(OC)cc1)S(C)(=O)=O. The van der Waals surface area contributed by atoms with Gasteiger partial charge in [-0.3, -0.25) is 9.10 Å². The molecule has 26 heavy (non-hydrogen) atoms. The number of nitrogens with one attached hydrogen (secondary N) is 1. The Labute approximate surface area is 154 Å². The van der Waals surface area contributed by atoms with Crippen molar-refractivity contribution in [2.45, 2.75) is 26.3 Å². The van der Waals surface area contributed by atoms with Gasteiger partial charge in [0.05, 0.1) is 19.1 Å². The van der Waals surface area contributed by atoms with Gasteiger partial charge in [0.25, 0.3) is 0 Å². The maximum absolute atomic E-state index is 12.7. The van der Waals surface area contributed by atoms with Crippen LogP contribution < -0.4 is 14.4 Å². The van der Waals surface area contributed by atoms with Crippen molar-refractivity contribution in [3.63, 3.8) is 0 Å². The number of para-hydroxylation sites is 1. The van der Waals surface area contributed by atoms with E-state index in [1.165, 1.54) is 7.11 Å². The number of carbonyl (C=O) groups excluding carboxylic acids is 1. The van der Waals surface area contributed by atoms with Crippen LogP contribution in [0.4, 0.5) is 11.4 Å². The minimum atomic E-state index is -3.66. The Kier molecular flexibility index (Phi) is 6.26. The lowest BCUT2D eigenvalue weighted by Gasteiger charge is -2.28. The summed E-state index contributed by atoms with van der Waals surface area (Å²) in [6.07, 6.45) is 1.85. The van der Waals surface area contributed by atoms with Crippen molar-refractivity contribution in [2.75, 3.05) is 23.0 Å². The first-order chi connectivity index (χ1) is 12.3. The fraction of sp³-hybridized carbons (Fsp3) is 0.316. The average molecular weight is 376 g/mol. The van der Waals surface area contributed by atoms with E-state index in [0.717, 1.165) is 22.5 Å². The number of aryl methyl sites for hydroxylation is 1. The highest BCUT2D eigenvalue weighted by Crippen LogP contribution is 2.25. The molecule has 2 aromatic rings. The molecule has 0 heterocycles. The molecular formula is C19H24N2O4S. The van der Waals surface area contributed by atoms with Crippen LogP contribution in [0.5, 0.6) is 5.75 Å². The molecule has 7 heteroatoms. The number of carbonyl (C=O) groups is 1. The molecular weight excluding hydrogens is 352 g/mol. The molecule has 1 atom stereocenters. The van der Waals surface area contributed by atoms with Gasteiger partial charge in [-0.25, -0.2) is 8.42 Å². The Morgan fingerprint density at radius 2 is 1.77 bits per heavy atom. The van der Waals surface area contributed by atoms with Gasteiger partial charge in [-0.1, -0.05) is 25.1 Å². The van der Waals surface area contributed by atoms with Crippen LogP contribution in [0.3, 0.4) is 0 Å². The summed E-state index contributed by atoms with van der Waals surface area (Å²) in [6.45, 7) is 3.56. The third-order valence-electron chi connectivity index (χ3n) is 4.07. The monoisotopic (exact) mass is 376 g/mol. The summed E-state index contributed by atoms with van der Waals surface area (Å²) < 4.78 is 30.9. The smallest absolute Gasteiger partial charge is 0.248 e. The number of hydrogen-bond donors (Lipinski definition) is 1. The lowest BCUT2D eigenvalue weighted by atomic mass is 10.1. The number of ether oxygens (including phenoxy) is 1. The second-order valence-corrected chi connectivity index (χ2v) is 7.79. The van der Waals surface area contributed by atoms with E-state index in [9.17, 15) is 13.2 Å². The van der Waals surface area contributed by atoms with Crippen molar-refractivity contribution in [1.82, 2.24) is 0 Å². The van der Waals surface area contributed by atoms with Crippen LogP contribution in [0, 0.1) is 0 Å². The third-order valence-corrected chi connectivity index (χ3v) is 5.31. The quantitative estimate of drug-likeness (QED) is 0.806. The molecule has 0 saturated carbocycles. The van der Waals surface area contributed by atoms with Crippen LogP contribution >= 0.6 is 0 Å². The zero-order valence-corrected chi connectivity index (χ0v) is 16.2. The van der Waals surface area contributed by atoms with Crippen molar-refractivity contribution in [1.29, 1.82) is 0 Å². The number of amides is 1. The van der Waals surface area contributed by atoms with Crippen molar-refractivity contribution in [2.24, 2.45) is 0 Å². The van der Waals surface area contributed by atoms with Crippen LogP contribution in [-0.4, -0.2) is 33.7 Å². The fourth-order valence-electron chi connectivity index (χ4n) is 2.73. The first-order valence-electron chi connectivity index (χ1n) is 8.30. The molecule has 0 aliphatic carbocycles. The second kappa shape index (κ2) is 8.23. The normalized spacial score (nSPS) is 12.3. The van der Waals surface area contributed by atoms with Crippen LogP contribution in [0.2, 0.25) is 0 Å². The van der Waals surface area contributed by atoms with E-state index < -0.39 is 22.0 Å². The zero-order valence-electron chi connectivity index (χ0n) is 15.4. The van der Waals surface area contributed by atoms with E-state index in [0.29, 0.717) is 17.1 Å². The van der Waals surface area contributed by atoms with Gasteiger partial charge in [0, 0.05) is 5.69 Å². The molecule has 0 fully saturated rings. The van der Waals surface area contributed by atoms with Gasteiger partial charge in [0.15, 0.2) is 0 Å². The molecule has 1 unspecified atom stereocenters. The molecule has 0 radical (unpaired) electrons. The molecule has 0 aliphatic heterocycles. The number of hydrogen-bond acceptors (Lipinski definition) is 4. The molecule has 140 valence electrons. The van der Waals surface area contributed by atoms with E-state index in [2.05, 4.69) is 5.32 Å². The highest BCUT2D eigenvalue weighted by Gasteiger charge is 2.29. The topological polar surface area (TPSA) is 75.7 Å². The Balaban J connectivity index is 2.31. The lowest BCUT2D eigenvalue weighted by molar-refractivity contribution is -0.116. The number of benzene rings is 2. The van der Waals surface area contributed by atoms with E-state index in [1.807, 2.05) is 31.2 Å². The summed E-state index contributed by atoms with van der Waals surface area (Å²) in [4.78, 5) is 12.7. The molecule has 0 aliphatic rings. The summed E-state index contributed by atoms with van der Waals surface area (Å²) in [5.41, 5.74) is 2.08. The molecule has 0 aromatic heterocycles. The van der Waals surface area contributed by atoms with Gasteiger partial charge in [-0.05, 0) is 49.2 Å². The number of sulfonamides is 1. The van der Waals surface area contributed by atoms with E-state index in [1.54, 1.807) is 31.2 Å². The van der Waals surface area contributed by atoms with Crippen LogP contribution in [0.25, 0.3) is 0 Å². The summed E-state index contributed by atoms with van der Waals surface area (Å²) in [5, 5.41) is 2.84. The second-order valence-electron chi connectivity index (χ2n) is 5.93. The maximum Gasteiger partial charge on any atom is 0.248 e. The fourth-order valence-corrected chi connectivity index (χ4v) is 3.90. The van der Waals surface area contributed by atoms with Gasteiger partial charge in [0.2, 0.25) is 15.9 Å².